The highest BCUT2D eigenvalue weighted by atomic mass is 15.0. The zero-order chi connectivity index (χ0) is 40.7. The first-order valence-corrected chi connectivity index (χ1v) is 18.1. The molecule has 57 heavy (non-hydrogen) atoms. The van der Waals surface area contributed by atoms with Crippen molar-refractivity contribution in [2.45, 2.75) is 23.7 Å². The van der Waals surface area contributed by atoms with E-state index in [1.54, 1.807) is 6.92 Å². The van der Waals surface area contributed by atoms with Crippen molar-refractivity contribution in [3.63, 3.8) is 0 Å². The van der Waals surface area contributed by atoms with Gasteiger partial charge in [0.1, 0.15) is 11.3 Å². The zero-order valence-electron chi connectivity index (χ0n) is 30.9. The molecule has 0 bridgehead atoms. The number of rotatable bonds is 0. The number of hydrogen-bond donors (Lipinski definition) is 15. The maximum absolute atomic E-state index is 7.66. The van der Waals surface area contributed by atoms with Crippen molar-refractivity contribution >= 4 is 74.7 Å². The molecule has 0 aromatic heterocycles. The van der Waals surface area contributed by atoms with Crippen molar-refractivity contribution in [3.8, 4) is 33.4 Å². The molecule has 4 aliphatic rings. The van der Waals surface area contributed by atoms with Crippen molar-refractivity contribution < 1.29 is 0 Å². The number of hydrogen-bond acceptors (Lipinski definition) is 15. The number of nitrogens with two attached hydrogens (primary N) is 15. The molecule has 0 radical (unpaired) electrons. The van der Waals surface area contributed by atoms with Gasteiger partial charge in [-0.15, -0.1) is 0 Å². The Hall–Kier alpha value is -7.30. The Morgan fingerprint density at radius 2 is 0.702 bits per heavy atom. The molecule has 30 N–H and O–H groups in total. The van der Waals surface area contributed by atoms with Crippen LogP contribution < -0.4 is 86.0 Å². The number of benzene rings is 6. The highest BCUT2D eigenvalue weighted by molar-refractivity contribution is 6.13. The lowest BCUT2D eigenvalue weighted by molar-refractivity contribution is 0.582. The van der Waals surface area contributed by atoms with Gasteiger partial charge in [-0.2, -0.15) is 0 Å². The summed E-state index contributed by atoms with van der Waals surface area (Å²) in [6.07, 6.45) is 3.68. The van der Waals surface area contributed by atoms with Crippen molar-refractivity contribution in [3.05, 3.63) is 110 Å². The second-order valence-electron chi connectivity index (χ2n) is 15.7. The van der Waals surface area contributed by atoms with Gasteiger partial charge in [0.15, 0.2) is 0 Å². The molecule has 0 fully saturated rings. The minimum Gasteiger partial charge on any atom is -0.398 e. The molecule has 0 unspecified atom stereocenters. The van der Waals surface area contributed by atoms with E-state index in [0.717, 1.165) is 22.3 Å². The third-order valence-corrected chi connectivity index (χ3v) is 13.0. The maximum Gasteiger partial charge on any atom is 0.122 e. The molecule has 286 valence electrons. The van der Waals surface area contributed by atoms with Gasteiger partial charge in [-0.3, -0.25) is 0 Å². The van der Waals surface area contributed by atoms with Gasteiger partial charge in [0.05, 0.1) is 45.2 Å². The predicted octanol–water partition coefficient (Wildman–Crippen LogP) is 2.44. The van der Waals surface area contributed by atoms with Gasteiger partial charge in [-0.25, -0.2) is 0 Å². The Labute approximate surface area is 326 Å². The van der Waals surface area contributed by atoms with Crippen LogP contribution in [0.1, 0.15) is 61.2 Å². The quantitative estimate of drug-likeness (QED) is 0.0600. The van der Waals surface area contributed by atoms with Gasteiger partial charge >= 0.3 is 0 Å². The summed E-state index contributed by atoms with van der Waals surface area (Å²) in [5, 5.41) is 0. The SMILES string of the molecule is Cc1c(N)c(N)c(N)c2c1C(N)(N)c1c(N)c3c(c(N)c1-2)C1(c2ccccc2-c2ccccc21)c1c(N)c2c(c(N)c1C=C3)C(N)(N)c1c(N)c(N)c(N)c(N)c1-2. The van der Waals surface area contributed by atoms with Gasteiger partial charge in [-0.1, -0.05) is 60.7 Å². The van der Waals surface area contributed by atoms with E-state index in [2.05, 4.69) is 0 Å². The Balaban J connectivity index is 1.47. The first-order chi connectivity index (χ1) is 26.9. The summed E-state index contributed by atoms with van der Waals surface area (Å²) in [5.41, 5.74) is 111. The number of anilines is 11. The largest absolute Gasteiger partial charge is 0.398 e. The van der Waals surface area contributed by atoms with Gasteiger partial charge in [-0.05, 0) is 34.7 Å². The van der Waals surface area contributed by atoms with Crippen molar-refractivity contribution in [2.24, 2.45) is 22.9 Å². The van der Waals surface area contributed by atoms with Gasteiger partial charge in [0.2, 0.25) is 0 Å². The van der Waals surface area contributed by atoms with Crippen LogP contribution in [0, 0.1) is 6.92 Å². The average Bonchev–Trinajstić information content (AvgIpc) is 3.66. The fraction of sp³-hybridized carbons (Fsp3) is 0.0952. The summed E-state index contributed by atoms with van der Waals surface area (Å²) in [6, 6.07) is 16.0. The molecular weight excluding hydrogens is 715 g/mol. The van der Waals surface area contributed by atoms with E-state index in [1.807, 2.05) is 60.7 Å². The van der Waals surface area contributed by atoms with Crippen LogP contribution in [0.4, 0.5) is 62.6 Å². The van der Waals surface area contributed by atoms with Crippen LogP contribution in [-0.4, -0.2) is 0 Å². The fourth-order valence-corrected chi connectivity index (χ4v) is 10.7. The molecule has 0 amide bonds. The summed E-state index contributed by atoms with van der Waals surface area (Å²) in [5.74, 6) is 0. The van der Waals surface area contributed by atoms with Gasteiger partial charge in [0.25, 0.3) is 0 Å². The molecule has 0 aliphatic heterocycles. The van der Waals surface area contributed by atoms with Crippen LogP contribution >= 0.6 is 0 Å². The van der Waals surface area contributed by atoms with E-state index in [9.17, 15) is 0 Å². The van der Waals surface area contributed by atoms with E-state index in [1.165, 1.54) is 0 Å². The number of nitrogen functional groups attached to an aromatic ring is 11. The molecule has 6 aromatic carbocycles. The first kappa shape index (κ1) is 34.2. The lowest BCUT2D eigenvalue weighted by Crippen LogP contribution is -2.47. The lowest BCUT2D eigenvalue weighted by Gasteiger charge is -2.39. The smallest absolute Gasteiger partial charge is 0.122 e. The summed E-state index contributed by atoms with van der Waals surface area (Å²) in [7, 11) is 0. The lowest BCUT2D eigenvalue weighted by atomic mass is 9.63. The van der Waals surface area contributed by atoms with Gasteiger partial charge < -0.3 is 86.0 Å². The molecule has 6 aromatic rings. The summed E-state index contributed by atoms with van der Waals surface area (Å²) < 4.78 is 0. The van der Waals surface area contributed by atoms with Crippen LogP contribution in [0.25, 0.3) is 45.5 Å². The normalized spacial score (nSPS) is 16.2. The Morgan fingerprint density at radius 3 is 1.18 bits per heavy atom. The highest BCUT2D eigenvalue weighted by Gasteiger charge is 2.56. The first-order valence-electron chi connectivity index (χ1n) is 18.1. The van der Waals surface area contributed by atoms with Gasteiger partial charge in [0, 0.05) is 89.5 Å². The topological polar surface area (TPSA) is 390 Å². The van der Waals surface area contributed by atoms with Crippen molar-refractivity contribution in [2.75, 3.05) is 63.1 Å². The summed E-state index contributed by atoms with van der Waals surface area (Å²) in [4.78, 5) is 0. The minimum atomic E-state index is -1.79. The third-order valence-electron chi connectivity index (χ3n) is 13.0. The van der Waals surface area contributed by atoms with Crippen LogP contribution in [0.5, 0.6) is 0 Å². The van der Waals surface area contributed by atoms with Crippen LogP contribution in [0.15, 0.2) is 48.5 Å². The monoisotopic (exact) mass is 757 g/mol. The molecule has 0 atom stereocenters. The Morgan fingerprint density at radius 1 is 0.351 bits per heavy atom. The molecule has 1 spiro atoms. The minimum absolute atomic E-state index is 0.0483. The van der Waals surface area contributed by atoms with Crippen LogP contribution in [0.2, 0.25) is 0 Å². The maximum atomic E-state index is 7.66. The third kappa shape index (κ3) is 3.44. The second-order valence-corrected chi connectivity index (χ2v) is 15.7. The van der Waals surface area contributed by atoms with E-state index in [0.29, 0.717) is 72.4 Å². The van der Waals surface area contributed by atoms with Crippen molar-refractivity contribution in [1.82, 2.24) is 0 Å². The molecule has 0 saturated carbocycles. The van der Waals surface area contributed by atoms with Crippen molar-refractivity contribution in [1.29, 1.82) is 0 Å². The Bertz CT molecular complexity index is 2790. The zero-order valence-corrected chi connectivity index (χ0v) is 30.9. The van der Waals surface area contributed by atoms with Crippen LogP contribution in [0.3, 0.4) is 0 Å². The standard InChI is InChI=1S/C42H43N15/c1-12-23-19(34(48)37(51)29(12)43)20-26(41(23,54)55)30(44)15-10-11-16-25(40(24(15)32(20)46)17-8-4-2-6-13(17)14-7-3-5-9-18(14)40)33(47)21-22-28(42(56,57)27(21)31(16)45)36(50)39(53)38(52)35(22)49/h2-11H,43-57H2,1H3. The molecule has 4 aliphatic carbocycles. The molecule has 15 heteroatoms. The van der Waals surface area contributed by atoms with E-state index < -0.39 is 16.7 Å². The average molecular weight is 758 g/mol. The summed E-state index contributed by atoms with van der Waals surface area (Å²) >= 11 is 0. The van der Waals surface area contributed by atoms with Crippen LogP contribution in [-0.2, 0) is 16.7 Å². The second kappa shape index (κ2) is 10.1. The van der Waals surface area contributed by atoms with E-state index in [-0.39, 0.29) is 62.4 Å². The number of fused-ring (bicyclic) bond motifs is 15. The molecule has 0 saturated heterocycles. The predicted molar refractivity (Wildman–Crippen MR) is 235 cm³/mol. The Kier molecular flexibility index (Phi) is 6.07. The summed E-state index contributed by atoms with van der Waals surface area (Å²) in [6.45, 7) is 1.79. The molecule has 15 nitrogen and oxygen atoms in total. The fourth-order valence-electron chi connectivity index (χ4n) is 10.7. The molecular formula is C42H43N15. The molecule has 0 heterocycles. The van der Waals surface area contributed by atoms with E-state index in [4.69, 9.17) is 86.0 Å². The van der Waals surface area contributed by atoms with E-state index >= 15 is 0 Å². The highest BCUT2D eigenvalue weighted by Crippen LogP contribution is 2.68. The molecule has 10 rings (SSSR count).